The number of rotatable bonds is 2. The summed E-state index contributed by atoms with van der Waals surface area (Å²) in [4.78, 5) is 4.46. The Hall–Kier alpha value is -3.61. The lowest BCUT2D eigenvalue weighted by molar-refractivity contribution is 0.307. The Balaban J connectivity index is 1.57. The lowest BCUT2D eigenvalue weighted by Crippen LogP contribution is -2.07. The highest BCUT2D eigenvalue weighted by Gasteiger charge is 2.26. The molecule has 6 rings (SSSR count). The van der Waals surface area contributed by atoms with Crippen molar-refractivity contribution in [1.29, 1.82) is 0 Å². The van der Waals surface area contributed by atoms with E-state index in [9.17, 15) is 0 Å². The standard InChI is InChI=1S/C25H26N6O/c1-15-3-6-21-20(7-15)14-32-22-9-18(10-27-25(22)26)24-17(8-19-13-30(2)29-23(19)21)11-28-31(24)12-16-4-5-16/h3,6-7,9-11,13,16H,4-5,8,12,14H2,1-2H3,(H2,26,27). The summed E-state index contributed by atoms with van der Waals surface area (Å²) < 4.78 is 10.2. The first-order chi connectivity index (χ1) is 15.5. The molecule has 3 aromatic heterocycles. The average Bonchev–Trinajstić information content (AvgIpc) is 3.39. The summed E-state index contributed by atoms with van der Waals surface area (Å²) in [6.07, 6.45) is 9.22. The van der Waals surface area contributed by atoms with E-state index in [4.69, 9.17) is 20.7 Å². The molecule has 162 valence electrons. The molecule has 32 heavy (non-hydrogen) atoms. The smallest absolute Gasteiger partial charge is 0.166 e. The van der Waals surface area contributed by atoms with Crippen LogP contribution < -0.4 is 10.5 Å². The summed E-state index contributed by atoms with van der Waals surface area (Å²) in [6, 6.07) is 8.43. The molecule has 1 aromatic carbocycles. The molecular weight excluding hydrogens is 400 g/mol. The fourth-order valence-corrected chi connectivity index (χ4v) is 4.60. The van der Waals surface area contributed by atoms with Gasteiger partial charge in [-0.3, -0.25) is 9.36 Å². The highest BCUT2D eigenvalue weighted by Crippen LogP contribution is 2.37. The third-order valence-electron chi connectivity index (χ3n) is 6.38. The molecule has 4 aromatic rings. The first kappa shape index (κ1) is 19.1. The quantitative estimate of drug-likeness (QED) is 0.521. The van der Waals surface area contributed by atoms with Gasteiger partial charge in [0, 0.05) is 54.7 Å². The molecule has 2 bridgehead atoms. The lowest BCUT2D eigenvalue weighted by atomic mass is 9.96. The van der Waals surface area contributed by atoms with Crippen LogP contribution in [0.4, 0.5) is 5.82 Å². The number of pyridine rings is 1. The van der Waals surface area contributed by atoms with E-state index in [2.05, 4.69) is 41.0 Å². The minimum Gasteiger partial charge on any atom is -0.485 e. The lowest BCUT2D eigenvalue weighted by Gasteiger charge is -2.16. The van der Waals surface area contributed by atoms with Gasteiger partial charge in [-0.25, -0.2) is 4.98 Å². The Labute approximate surface area is 186 Å². The maximum absolute atomic E-state index is 6.23. The largest absolute Gasteiger partial charge is 0.485 e. The Bertz CT molecular complexity index is 1330. The van der Waals surface area contributed by atoms with Crippen molar-refractivity contribution in [3.8, 4) is 28.3 Å². The highest BCUT2D eigenvalue weighted by molar-refractivity contribution is 5.71. The number of anilines is 1. The van der Waals surface area contributed by atoms with Crippen molar-refractivity contribution in [2.45, 2.75) is 39.3 Å². The van der Waals surface area contributed by atoms with Crippen LogP contribution in [-0.2, 0) is 26.6 Å². The minimum atomic E-state index is 0.397. The summed E-state index contributed by atoms with van der Waals surface area (Å²) >= 11 is 0. The molecule has 0 unspecified atom stereocenters. The second-order valence-corrected chi connectivity index (χ2v) is 9.05. The third-order valence-corrected chi connectivity index (χ3v) is 6.38. The third kappa shape index (κ3) is 3.34. The molecule has 0 saturated heterocycles. The SMILES string of the molecule is Cc1ccc2c(c1)COc1cc(cnc1N)-c1c(cnn1CC1CC1)Cc1cn(C)nc1-2. The van der Waals surface area contributed by atoms with Gasteiger partial charge in [0.15, 0.2) is 11.6 Å². The van der Waals surface area contributed by atoms with Crippen LogP contribution in [0.2, 0.25) is 0 Å². The molecule has 0 spiro atoms. The van der Waals surface area contributed by atoms with Crippen molar-refractivity contribution in [3.05, 3.63) is 65.1 Å². The molecule has 4 heterocycles. The Morgan fingerprint density at radius 1 is 1.12 bits per heavy atom. The van der Waals surface area contributed by atoms with Gasteiger partial charge in [-0.15, -0.1) is 0 Å². The fraction of sp³-hybridized carbons (Fsp3) is 0.320. The van der Waals surface area contributed by atoms with Gasteiger partial charge in [0.2, 0.25) is 0 Å². The molecule has 1 fully saturated rings. The molecule has 0 atom stereocenters. The van der Waals surface area contributed by atoms with Crippen molar-refractivity contribution in [2.24, 2.45) is 13.0 Å². The van der Waals surface area contributed by atoms with Crippen molar-refractivity contribution in [2.75, 3.05) is 5.73 Å². The Morgan fingerprint density at radius 3 is 2.84 bits per heavy atom. The molecule has 1 aliphatic carbocycles. The monoisotopic (exact) mass is 426 g/mol. The van der Waals surface area contributed by atoms with Gasteiger partial charge < -0.3 is 10.5 Å². The van der Waals surface area contributed by atoms with Crippen LogP contribution in [0.1, 0.15) is 35.1 Å². The number of aromatic nitrogens is 5. The molecule has 1 aliphatic heterocycles. The van der Waals surface area contributed by atoms with E-state index in [1.165, 1.54) is 24.0 Å². The number of hydrogen-bond donors (Lipinski definition) is 1. The van der Waals surface area contributed by atoms with Gasteiger partial charge in [0.25, 0.3) is 0 Å². The van der Waals surface area contributed by atoms with Crippen molar-refractivity contribution in [3.63, 3.8) is 0 Å². The number of nitrogens with zero attached hydrogens (tertiary/aromatic N) is 5. The highest BCUT2D eigenvalue weighted by atomic mass is 16.5. The van der Waals surface area contributed by atoms with E-state index in [1.54, 1.807) is 0 Å². The van der Waals surface area contributed by atoms with Crippen LogP contribution in [0.25, 0.3) is 22.5 Å². The molecule has 0 radical (unpaired) electrons. The second kappa shape index (κ2) is 7.22. The zero-order valence-corrected chi connectivity index (χ0v) is 18.4. The number of fused-ring (bicyclic) bond motifs is 7. The minimum absolute atomic E-state index is 0.397. The second-order valence-electron chi connectivity index (χ2n) is 9.05. The molecule has 7 nitrogen and oxygen atoms in total. The molecule has 7 heteroatoms. The van der Waals surface area contributed by atoms with Crippen LogP contribution in [-0.4, -0.2) is 24.5 Å². The van der Waals surface area contributed by atoms with Crippen molar-refractivity contribution >= 4 is 5.82 Å². The van der Waals surface area contributed by atoms with Crippen LogP contribution in [0, 0.1) is 12.8 Å². The number of benzene rings is 1. The van der Waals surface area contributed by atoms with Crippen LogP contribution in [0.3, 0.4) is 0 Å². The van der Waals surface area contributed by atoms with E-state index in [1.807, 2.05) is 30.2 Å². The first-order valence-corrected chi connectivity index (χ1v) is 11.1. The first-order valence-electron chi connectivity index (χ1n) is 11.1. The van der Waals surface area contributed by atoms with Gasteiger partial charge in [-0.1, -0.05) is 23.8 Å². The maximum Gasteiger partial charge on any atom is 0.166 e. The van der Waals surface area contributed by atoms with E-state index in [-0.39, 0.29) is 0 Å². The molecule has 2 aliphatic rings. The fourth-order valence-electron chi connectivity index (χ4n) is 4.60. The number of ether oxygens (including phenoxy) is 1. The molecular formula is C25H26N6O. The zero-order valence-electron chi connectivity index (χ0n) is 18.4. The molecule has 0 amide bonds. The zero-order chi connectivity index (χ0) is 21.8. The van der Waals surface area contributed by atoms with E-state index < -0.39 is 0 Å². The van der Waals surface area contributed by atoms with E-state index in [0.717, 1.165) is 46.6 Å². The number of hydrogen-bond acceptors (Lipinski definition) is 5. The van der Waals surface area contributed by atoms with Crippen molar-refractivity contribution < 1.29 is 4.74 Å². The Morgan fingerprint density at radius 2 is 2.00 bits per heavy atom. The van der Waals surface area contributed by atoms with E-state index >= 15 is 0 Å². The van der Waals surface area contributed by atoms with Gasteiger partial charge in [0.05, 0.1) is 17.6 Å². The maximum atomic E-state index is 6.23. The van der Waals surface area contributed by atoms with Gasteiger partial charge >= 0.3 is 0 Å². The molecule has 1 saturated carbocycles. The predicted molar refractivity (Wildman–Crippen MR) is 123 cm³/mol. The summed E-state index contributed by atoms with van der Waals surface area (Å²) in [5, 5.41) is 9.60. The normalized spacial score (nSPS) is 15.1. The van der Waals surface area contributed by atoms with Crippen molar-refractivity contribution in [1.82, 2.24) is 24.5 Å². The average molecular weight is 427 g/mol. The van der Waals surface area contributed by atoms with E-state index in [0.29, 0.717) is 24.1 Å². The predicted octanol–water partition coefficient (Wildman–Crippen LogP) is 4.13. The summed E-state index contributed by atoms with van der Waals surface area (Å²) in [5.41, 5.74) is 14.9. The Kier molecular flexibility index (Phi) is 4.31. The number of nitrogens with two attached hydrogens (primary N) is 1. The van der Waals surface area contributed by atoms with Gasteiger partial charge in [0.1, 0.15) is 6.61 Å². The molecule has 2 N–H and O–H groups in total. The topological polar surface area (TPSA) is 83.8 Å². The van der Waals surface area contributed by atoms with Crippen LogP contribution in [0.5, 0.6) is 5.75 Å². The summed E-state index contributed by atoms with van der Waals surface area (Å²) in [5.74, 6) is 1.71. The van der Waals surface area contributed by atoms with Gasteiger partial charge in [-0.2, -0.15) is 10.2 Å². The van der Waals surface area contributed by atoms with Crippen LogP contribution in [0.15, 0.2) is 42.9 Å². The van der Waals surface area contributed by atoms with Crippen LogP contribution >= 0.6 is 0 Å². The number of nitrogen functional groups attached to an aromatic ring is 1. The number of aryl methyl sites for hydroxylation is 2. The summed E-state index contributed by atoms with van der Waals surface area (Å²) in [6.45, 7) is 3.42. The summed E-state index contributed by atoms with van der Waals surface area (Å²) in [7, 11) is 1.97. The van der Waals surface area contributed by atoms with Gasteiger partial charge in [-0.05, 0) is 37.3 Å².